The van der Waals surface area contributed by atoms with Crippen LogP contribution in [0.15, 0.2) is 4.99 Å². The summed E-state index contributed by atoms with van der Waals surface area (Å²) in [7, 11) is 3.32. The molecule has 0 aromatic carbocycles. The van der Waals surface area contributed by atoms with Crippen LogP contribution < -0.4 is 16.0 Å². The topological polar surface area (TPSA) is 78.0 Å². The van der Waals surface area contributed by atoms with Gasteiger partial charge in [-0.15, -0.1) is 0 Å². The van der Waals surface area contributed by atoms with E-state index in [4.69, 9.17) is 4.74 Å². The number of ether oxygens (including phenoxy) is 1. The van der Waals surface area contributed by atoms with Gasteiger partial charge in [-0.25, -0.2) is 0 Å². The molecule has 1 aliphatic rings. The molecule has 1 saturated heterocycles. The fourth-order valence-electron chi connectivity index (χ4n) is 2.53. The summed E-state index contributed by atoms with van der Waals surface area (Å²) in [6.45, 7) is 8.01. The van der Waals surface area contributed by atoms with Gasteiger partial charge in [0.25, 0.3) is 0 Å². The summed E-state index contributed by atoms with van der Waals surface area (Å²) in [5, 5.41) is 9.02. The summed E-state index contributed by atoms with van der Waals surface area (Å²) in [6.07, 6.45) is 3.71. The van der Waals surface area contributed by atoms with Crippen molar-refractivity contribution in [2.45, 2.75) is 26.2 Å². The summed E-state index contributed by atoms with van der Waals surface area (Å²) in [4.78, 5) is 18.2. The quantitative estimate of drug-likeness (QED) is 0.317. The van der Waals surface area contributed by atoms with Crippen LogP contribution in [0.5, 0.6) is 0 Å². The highest BCUT2D eigenvalue weighted by molar-refractivity contribution is 5.86. The molecule has 23 heavy (non-hydrogen) atoms. The van der Waals surface area contributed by atoms with Crippen LogP contribution in [0, 0.1) is 5.92 Å². The Hall–Kier alpha value is -1.34. The molecule has 1 heterocycles. The molecule has 0 saturated carbocycles. The SMILES string of the molecule is CN=C(NCCCN1CCC(C)CC1)NCC(=O)NCCOC. The first-order chi connectivity index (χ1) is 11.2. The van der Waals surface area contributed by atoms with Gasteiger partial charge in [-0.1, -0.05) is 6.92 Å². The Labute approximate surface area is 140 Å². The number of hydrogen-bond acceptors (Lipinski definition) is 4. The molecule has 0 spiro atoms. The molecule has 1 amide bonds. The van der Waals surface area contributed by atoms with Crippen molar-refractivity contribution in [1.82, 2.24) is 20.9 Å². The van der Waals surface area contributed by atoms with Gasteiger partial charge >= 0.3 is 0 Å². The van der Waals surface area contributed by atoms with Crippen LogP contribution in [0.3, 0.4) is 0 Å². The minimum Gasteiger partial charge on any atom is -0.383 e. The lowest BCUT2D eigenvalue weighted by atomic mass is 9.99. The molecule has 0 radical (unpaired) electrons. The maximum Gasteiger partial charge on any atom is 0.239 e. The Morgan fingerprint density at radius 3 is 2.61 bits per heavy atom. The largest absolute Gasteiger partial charge is 0.383 e. The average Bonchev–Trinajstić information content (AvgIpc) is 2.56. The summed E-state index contributed by atoms with van der Waals surface area (Å²) in [5.74, 6) is 1.48. The Kier molecular flexibility index (Phi) is 10.4. The van der Waals surface area contributed by atoms with Gasteiger partial charge < -0.3 is 25.6 Å². The normalized spacial score (nSPS) is 17.1. The van der Waals surface area contributed by atoms with E-state index >= 15 is 0 Å². The molecule has 0 aliphatic carbocycles. The number of carbonyl (C=O) groups is 1. The van der Waals surface area contributed by atoms with Gasteiger partial charge in [-0.05, 0) is 44.8 Å². The number of methoxy groups -OCH3 is 1. The third-order valence-corrected chi connectivity index (χ3v) is 4.09. The van der Waals surface area contributed by atoms with E-state index in [0.717, 1.165) is 25.4 Å². The summed E-state index contributed by atoms with van der Waals surface area (Å²) < 4.78 is 4.89. The number of rotatable bonds is 9. The third kappa shape index (κ3) is 9.40. The lowest BCUT2D eigenvalue weighted by Gasteiger charge is -2.30. The van der Waals surface area contributed by atoms with Gasteiger partial charge in [-0.3, -0.25) is 9.79 Å². The van der Waals surface area contributed by atoms with Crippen molar-refractivity contribution >= 4 is 11.9 Å². The van der Waals surface area contributed by atoms with Crippen molar-refractivity contribution in [3.8, 4) is 0 Å². The van der Waals surface area contributed by atoms with Gasteiger partial charge in [-0.2, -0.15) is 0 Å². The molecule has 3 N–H and O–H groups in total. The lowest BCUT2D eigenvalue weighted by Crippen LogP contribution is -2.44. The number of piperidine rings is 1. The Morgan fingerprint density at radius 1 is 1.22 bits per heavy atom. The maximum atomic E-state index is 11.6. The molecular weight excluding hydrogens is 294 g/mol. The molecule has 7 heteroatoms. The van der Waals surface area contributed by atoms with Crippen molar-refractivity contribution in [2.24, 2.45) is 10.9 Å². The molecule has 0 unspecified atom stereocenters. The fraction of sp³-hybridized carbons (Fsp3) is 0.875. The molecule has 0 bridgehead atoms. The smallest absolute Gasteiger partial charge is 0.239 e. The first-order valence-corrected chi connectivity index (χ1v) is 8.58. The van der Waals surface area contributed by atoms with Crippen LogP contribution in [0.1, 0.15) is 26.2 Å². The third-order valence-electron chi connectivity index (χ3n) is 4.09. The fourth-order valence-corrected chi connectivity index (χ4v) is 2.53. The van der Waals surface area contributed by atoms with E-state index in [2.05, 4.69) is 32.8 Å². The average molecular weight is 327 g/mol. The van der Waals surface area contributed by atoms with E-state index in [9.17, 15) is 4.79 Å². The van der Waals surface area contributed by atoms with E-state index < -0.39 is 0 Å². The molecular formula is C16H33N5O2. The molecule has 0 aromatic heterocycles. The van der Waals surface area contributed by atoms with E-state index in [0.29, 0.717) is 19.1 Å². The number of nitrogens with one attached hydrogen (secondary N) is 3. The van der Waals surface area contributed by atoms with E-state index in [-0.39, 0.29) is 12.5 Å². The monoisotopic (exact) mass is 327 g/mol. The van der Waals surface area contributed by atoms with E-state index in [1.54, 1.807) is 14.2 Å². The number of aliphatic imine (C=N–C) groups is 1. The van der Waals surface area contributed by atoms with Crippen LogP contribution in [0.25, 0.3) is 0 Å². The van der Waals surface area contributed by atoms with Crippen molar-refractivity contribution in [2.75, 3.05) is 60.0 Å². The molecule has 7 nitrogen and oxygen atoms in total. The number of nitrogens with zero attached hydrogens (tertiary/aromatic N) is 2. The number of carbonyl (C=O) groups excluding carboxylic acids is 1. The number of amides is 1. The minimum atomic E-state index is -0.0626. The standard InChI is InChI=1S/C16H33N5O2/c1-14-5-10-21(11-6-14)9-4-7-19-16(17-2)20-13-15(22)18-8-12-23-3/h14H,4-13H2,1-3H3,(H,18,22)(H2,17,19,20). The van der Waals surface area contributed by atoms with Crippen molar-refractivity contribution in [3.63, 3.8) is 0 Å². The zero-order chi connectivity index (χ0) is 16.9. The molecule has 134 valence electrons. The van der Waals surface area contributed by atoms with Crippen molar-refractivity contribution < 1.29 is 9.53 Å². The van der Waals surface area contributed by atoms with Crippen LogP contribution >= 0.6 is 0 Å². The summed E-state index contributed by atoms with van der Waals surface area (Å²) in [6, 6.07) is 0. The zero-order valence-corrected chi connectivity index (χ0v) is 14.9. The maximum absolute atomic E-state index is 11.6. The Morgan fingerprint density at radius 2 is 1.96 bits per heavy atom. The van der Waals surface area contributed by atoms with Crippen LogP contribution in [-0.4, -0.2) is 76.8 Å². The van der Waals surface area contributed by atoms with Crippen molar-refractivity contribution in [3.05, 3.63) is 0 Å². The van der Waals surface area contributed by atoms with E-state index in [1.807, 2.05) is 0 Å². The first kappa shape index (κ1) is 19.7. The van der Waals surface area contributed by atoms with Gasteiger partial charge in [0.1, 0.15) is 0 Å². The Balaban J connectivity index is 2.06. The molecule has 0 atom stereocenters. The second-order valence-electron chi connectivity index (χ2n) is 6.07. The highest BCUT2D eigenvalue weighted by atomic mass is 16.5. The number of hydrogen-bond donors (Lipinski definition) is 3. The molecule has 1 rings (SSSR count). The second-order valence-corrected chi connectivity index (χ2v) is 6.07. The number of guanidine groups is 1. The second kappa shape index (κ2) is 12.1. The predicted molar refractivity (Wildman–Crippen MR) is 93.7 cm³/mol. The summed E-state index contributed by atoms with van der Waals surface area (Å²) >= 11 is 0. The van der Waals surface area contributed by atoms with Gasteiger partial charge in [0.15, 0.2) is 5.96 Å². The van der Waals surface area contributed by atoms with Gasteiger partial charge in [0.05, 0.1) is 13.2 Å². The van der Waals surface area contributed by atoms with Crippen LogP contribution in [0.2, 0.25) is 0 Å². The highest BCUT2D eigenvalue weighted by Gasteiger charge is 2.14. The van der Waals surface area contributed by atoms with Crippen LogP contribution in [0.4, 0.5) is 0 Å². The van der Waals surface area contributed by atoms with Gasteiger partial charge in [0.2, 0.25) is 5.91 Å². The first-order valence-electron chi connectivity index (χ1n) is 8.58. The van der Waals surface area contributed by atoms with Crippen molar-refractivity contribution in [1.29, 1.82) is 0 Å². The Bertz CT molecular complexity index is 354. The summed E-state index contributed by atoms with van der Waals surface area (Å²) in [5.41, 5.74) is 0. The van der Waals surface area contributed by atoms with Crippen LogP contribution in [-0.2, 0) is 9.53 Å². The van der Waals surface area contributed by atoms with Gasteiger partial charge in [0, 0.05) is 27.2 Å². The highest BCUT2D eigenvalue weighted by Crippen LogP contribution is 2.15. The molecule has 0 aromatic rings. The molecule has 1 aliphatic heterocycles. The predicted octanol–water partition coefficient (Wildman–Crippen LogP) is 0.0360. The molecule has 1 fully saturated rings. The lowest BCUT2D eigenvalue weighted by molar-refractivity contribution is -0.120. The number of likely N-dealkylation sites (tertiary alicyclic amines) is 1. The minimum absolute atomic E-state index is 0.0626. The zero-order valence-electron chi connectivity index (χ0n) is 14.9. The van der Waals surface area contributed by atoms with E-state index in [1.165, 1.54) is 25.9 Å².